The molecule has 14 nitrogen and oxygen atoms in total. The van der Waals surface area contributed by atoms with Crippen molar-refractivity contribution < 1.29 is 51.0 Å². The molecule has 4 N–H and O–H groups in total. The number of aryl methyl sites for hydroxylation is 2. The summed E-state index contributed by atoms with van der Waals surface area (Å²) in [6.45, 7) is 3.07. The number of rotatable bonds is 12. The Balaban J connectivity index is 0.000000213. The third-order valence-corrected chi connectivity index (χ3v) is 10.5. The Labute approximate surface area is 350 Å². The van der Waals surface area contributed by atoms with Crippen LogP contribution >= 0.6 is 0 Å². The van der Waals surface area contributed by atoms with E-state index in [1.807, 2.05) is 77.5 Å². The van der Waals surface area contributed by atoms with Crippen molar-refractivity contribution in [3.05, 3.63) is 174 Å². The van der Waals surface area contributed by atoms with Gasteiger partial charge in [-0.3, -0.25) is 14.4 Å². The molecule has 0 aliphatic rings. The first kappa shape index (κ1) is 42.7. The quantitative estimate of drug-likeness (QED) is 0.0915. The van der Waals surface area contributed by atoms with Crippen molar-refractivity contribution in [2.75, 3.05) is 24.9 Å². The number of hydrogen-bond acceptors (Lipinski definition) is 10. The summed E-state index contributed by atoms with van der Waals surface area (Å²) in [4.78, 5) is 48.4. The number of methoxy groups -OCH3 is 2. The number of amides is 3. The molecule has 0 saturated carbocycles. The number of anilines is 2. The van der Waals surface area contributed by atoms with E-state index in [-0.39, 0.29) is 39.1 Å². The van der Waals surface area contributed by atoms with E-state index in [4.69, 9.17) is 23.4 Å². The van der Waals surface area contributed by atoms with Gasteiger partial charge in [0.25, 0.3) is 21.8 Å². The highest BCUT2D eigenvalue weighted by atomic mass is 32.2. The van der Waals surface area contributed by atoms with Crippen molar-refractivity contribution in [3.63, 3.8) is 0 Å². The molecule has 0 unspecified atom stereocenters. The van der Waals surface area contributed by atoms with Crippen molar-refractivity contribution in [2.24, 2.45) is 0 Å². The number of carbonyl (C=O) groups is 4. The molecule has 0 atom stereocenters. The smallest absolute Gasteiger partial charge is 0.371 e. The minimum atomic E-state index is -4.08. The SMILES string of the molecule is COc1ccc(-c2ccc(NC(=O)c3cc(C(=O)NS(=O)(=O)c4ccccc4)oc3C)cc2)cc1.COc1ccc(-c2ccc(NC(=O)c3cc(C(=O)O)oc3C)cc2)cc1. The Kier molecular flexibility index (Phi) is 13.1. The molecule has 5 aromatic carbocycles. The van der Waals surface area contributed by atoms with E-state index < -0.39 is 33.7 Å². The van der Waals surface area contributed by atoms with Gasteiger partial charge in [0.2, 0.25) is 5.76 Å². The predicted octanol–water partition coefficient (Wildman–Crippen LogP) is 8.85. The standard InChI is InChI=1S/C26H22N2O6S.C20H17NO5/c1-17-23(16-24(34-17)26(30)28-35(31,32)22-6-4-3-5-7-22)25(29)27-20-12-8-18(9-13-20)19-10-14-21(33-2)15-11-19;1-12-17(11-18(26-12)20(23)24)19(22)21-15-7-3-13(4-8-15)14-5-9-16(25-2)10-6-14/h3-16H,1-2H3,(H,27,29)(H,28,30);3-11H,1-2H3,(H,21,22)(H,23,24). The molecule has 0 saturated heterocycles. The van der Waals surface area contributed by atoms with Gasteiger partial charge in [-0.25, -0.2) is 17.9 Å². The monoisotopic (exact) mass is 841 g/mol. The fraction of sp³-hybridized carbons (Fsp3) is 0.0870. The molecule has 0 spiro atoms. The zero-order chi connectivity index (χ0) is 43.7. The van der Waals surface area contributed by atoms with Gasteiger partial charge in [0, 0.05) is 23.5 Å². The van der Waals surface area contributed by atoms with Crippen LogP contribution in [0.3, 0.4) is 0 Å². The van der Waals surface area contributed by atoms with Crippen LogP contribution < -0.4 is 24.8 Å². The summed E-state index contributed by atoms with van der Waals surface area (Å²) in [5.41, 5.74) is 5.45. The summed E-state index contributed by atoms with van der Waals surface area (Å²) in [5, 5.41) is 14.4. The van der Waals surface area contributed by atoms with Crippen molar-refractivity contribution >= 4 is 45.1 Å². The van der Waals surface area contributed by atoms with E-state index in [1.165, 1.54) is 31.2 Å². The number of aromatic carboxylic acids is 1. The van der Waals surface area contributed by atoms with Crippen LogP contribution in [0.1, 0.15) is 53.3 Å². The summed E-state index contributed by atoms with van der Waals surface area (Å²) >= 11 is 0. The van der Waals surface area contributed by atoms with Gasteiger partial charge < -0.3 is 34.0 Å². The lowest BCUT2D eigenvalue weighted by molar-refractivity contribution is 0.0660. The molecule has 7 rings (SSSR count). The number of benzene rings is 5. The fourth-order valence-electron chi connectivity index (χ4n) is 5.92. The minimum absolute atomic E-state index is 0.0623. The largest absolute Gasteiger partial charge is 0.497 e. The average Bonchev–Trinajstić information content (AvgIpc) is 3.87. The lowest BCUT2D eigenvalue weighted by Gasteiger charge is -2.07. The number of carbonyl (C=O) groups excluding carboxylic acids is 3. The number of furan rings is 2. The van der Waals surface area contributed by atoms with Gasteiger partial charge in [-0.15, -0.1) is 0 Å². The molecule has 0 radical (unpaired) electrons. The molecule has 0 aliphatic heterocycles. The fourth-order valence-corrected chi connectivity index (χ4v) is 6.90. The molecule has 61 heavy (non-hydrogen) atoms. The molecular formula is C46H39N3O11S. The van der Waals surface area contributed by atoms with Gasteiger partial charge in [-0.05, 0) is 96.8 Å². The van der Waals surface area contributed by atoms with Crippen LogP contribution in [0.5, 0.6) is 11.5 Å². The van der Waals surface area contributed by atoms with Crippen LogP contribution in [0.15, 0.2) is 153 Å². The molecule has 0 fully saturated rings. The minimum Gasteiger partial charge on any atom is -0.497 e. The van der Waals surface area contributed by atoms with Gasteiger partial charge >= 0.3 is 11.9 Å². The number of nitrogens with one attached hydrogen (secondary N) is 3. The zero-order valence-electron chi connectivity index (χ0n) is 33.2. The van der Waals surface area contributed by atoms with E-state index in [1.54, 1.807) is 63.6 Å². The summed E-state index contributed by atoms with van der Waals surface area (Å²) in [6.07, 6.45) is 0. The molecule has 15 heteroatoms. The topological polar surface area (TPSA) is 203 Å². The first-order valence-corrected chi connectivity index (χ1v) is 19.9. The van der Waals surface area contributed by atoms with E-state index in [9.17, 15) is 27.6 Å². The summed E-state index contributed by atoms with van der Waals surface area (Å²) in [7, 11) is -0.852. The molecular weight excluding hydrogens is 803 g/mol. The highest BCUT2D eigenvalue weighted by molar-refractivity contribution is 7.90. The molecule has 2 aromatic heterocycles. The van der Waals surface area contributed by atoms with Crippen molar-refractivity contribution in [3.8, 4) is 33.8 Å². The summed E-state index contributed by atoms with van der Waals surface area (Å²) < 4.78 is 47.5. The van der Waals surface area contributed by atoms with Gasteiger partial charge in [0.05, 0.1) is 30.2 Å². The molecule has 2 heterocycles. The number of carboxylic acid groups (broad SMARTS) is 1. The highest BCUT2D eigenvalue weighted by Gasteiger charge is 2.24. The lowest BCUT2D eigenvalue weighted by atomic mass is 10.1. The van der Waals surface area contributed by atoms with Crippen LogP contribution in [-0.2, 0) is 10.0 Å². The van der Waals surface area contributed by atoms with Gasteiger partial charge in [0.1, 0.15) is 23.0 Å². The van der Waals surface area contributed by atoms with E-state index in [0.717, 1.165) is 33.8 Å². The van der Waals surface area contributed by atoms with Crippen molar-refractivity contribution in [2.45, 2.75) is 18.7 Å². The number of carboxylic acids is 1. The van der Waals surface area contributed by atoms with Crippen LogP contribution in [-0.4, -0.2) is 51.4 Å². The molecule has 310 valence electrons. The third kappa shape index (κ3) is 10.6. The Morgan fingerprint density at radius 2 is 0.902 bits per heavy atom. The van der Waals surface area contributed by atoms with Gasteiger partial charge in [-0.2, -0.15) is 0 Å². The van der Waals surface area contributed by atoms with E-state index in [0.29, 0.717) is 11.4 Å². The Bertz CT molecular complexity index is 2780. The number of hydrogen-bond donors (Lipinski definition) is 4. The van der Waals surface area contributed by atoms with Crippen LogP contribution in [0.4, 0.5) is 11.4 Å². The second-order valence-corrected chi connectivity index (χ2v) is 14.9. The normalized spacial score (nSPS) is 10.8. The Hall–Kier alpha value is -7.91. The molecule has 0 bridgehead atoms. The lowest BCUT2D eigenvalue weighted by Crippen LogP contribution is -2.30. The Morgan fingerprint density at radius 3 is 1.28 bits per heavy atom. The van der Waals surface area contributed by atoms with Gasteiger partial charge in [-0.1, -0.05) is 66.7 Å². The maximum absolute atomic E-state index is 12.8. The molecule has 0 aliphatic carbocycles. The van der Waals surface area contributed by atoms with Gasteiger partial charge in [0.15, 0.2) is 5.76 Å². The summed E-state index contributed by atoms with van der Waals surface area (Å²) in [6, 6.07) is 39.8. The number of sulfonamides is 1. The predicted molar refractivity (Wildman–Crippen MR) is 228 cm³/mol. The first-order valence-electron chi connectivity index (χ1n) is 18.4. The number of ether oxygens (including phenoxy) is 2. The molecule has 3 amide bonds. The second-order valence-electron chi connectivity index (χ2n) is 13.2. The maximum atomic E-state index is 12.8. The van der Waals surface area contributed by atoms with Crippen LogP contribution in [0, 0.1) is 13.8 Å². The Morgan fingerprint density at radius 1 is 0.525 bits per heavy atom. The van der Waals surface area contributed by atoms with Crippen molar-refractivity contribution in [1.82, 2.24) is 4.72 Å². The average molecular weight is 842 g/mol. The highest BCUT2D eigenvalue weighted by Crippen LogP contribution is 2.26. The first-order chi connectivity index (χ1) is 29.2. The zero-order valence-corrected chi connectivity index (χ0v) is 34.0. The second kappa shape index (κ2) is 18.8. The van der Waals surface area contributed by atoms with Crippen LogP contribution in [0.25, 0.3) is 22.3 Å². The summed E-state index contributed by atoms with van der Waals surface area (Å²) in [5.74, 6) is -1.66. The van der Waals surface area contributed by atoms with Crippen molar-refractivity contribution in [1.29, 1.82) is 0 Å². The van der Waals surface area contributed by atoms with E-state index in [2.05, 4.69) is 10.6 Å². The van der Waals surface area contributed by atoms with Crippen LogP contribution in [0.2, 0.25) is 0 Å². The maximum Gasteiger partial charge on any atom is 0.371 e. The third-order valence-electron chi connectivity index (χ3n) is 9.17. The van der Waals surface area contributed by atoms with E-state index >= 15 is 0 Å². The molecule has 7 aromatic rings.